The van der Waals surface area contributed by atoms with Gasteiger partial charge in [-0.3, -0.25) is 9.59 Å². The Bertz CT molecular complexity index is 975. The summed E-state index contributed by atoms with van der Waals surface area (Å²) in [5.74, 6) is 1.29. The Morgan fingerprint density at radius 3 is 2.23 bits per heavy atom. The van der Waals surface area contributed by atoms with Gasteiger partial charge in [0.25, 0.3) is 11.8 Å². The van der Waals surface area contributed by atoms with Crippen LogP contribution in [-0.4, -0.2) is 23.0 Å². The van der Waals surface area contributed by atoms with Gasteiger partial charge in [0.15, 0.2) is 0 Å². The average molecular weight is 461 g/mol. The monoisotopic (exact) mass is 460 g/mol. The highest BCUT2D eigenvalue weighted by atomic mass is 35.5. The smallest absolute Gasteiger partial charge is 0.259 e. The Morgan fingerprint density at radius 2 is 1.58 bits per heavy atom. The number of carbonyl (C=O) groups is 2. The van der Waals surface area contributed by atoms with E-state index in [1.807, 2.05) is 0 Å². The number of hydrogen-bond acceptors (Lipinski definition) is 3. The van der Waals surface area contributed by atoms with Crippen molar-refractivity contribution in [3.05, 3.63) is 57.6 Å². The molecule has 0 heterocycles. The van der Waals surface area contributed by atoms with Gasteiger partial charge < -0.3 is 15.7 Å². The van der Waals surface area contributed by atoms with Crippen molar-refractivity contribution in [2.24, 2.45) is 17.8 Å². The van der Waals surface area contributed by atoms with Crippen LogP contribution in [0.4, 0.5) is 5.69 Å². The molecule has 0 radical (unpaired) electrons. The summed E-state index contributed by atoms with van der Waals surface area (Å²) in [6.45, 7) is 2.33. The van der Waals surface area contributed by atoms with Gasteiger partial charge in [0.05, 0.1) is 10.6 Å². The van der Waals surface area contributed by atoms with E-state index in [0.29, 0.717) is 11.3 Å². The third-order valence-electron chi connectivity index (χ3n) is 6.39. The number of amides is 2. The third kappa shape index (κ3) is 5.16. The van der Waals surface area contributed by atoms with Crippen LogP contribution in [0, 0.1) is 17.8 Å². The topological polar surface area (TPSA) is 78.4 Å². The predicted molar refractivity (Wildman–Crippen MR) is 123 cm³/mol. The number of fused-ring (bicyclic) bond motifs is 2. The molecule has 3 N–H and O–H groups in total. The highest BCUT2D eigenvalue weighted by Crippen LogP contribution is 2.42. The Kier molecular flexibility index (Phi) is 6.44. The number of aromatic hydroxyl groups is 1. The Balaban J connectivity index is 1.37. The second-order valence-corrected chi connectivity index (χ2v) is 9.85. The minimum atomic E-state index is -0.540. The molecule has 7 heteroatoms. The zero-order chi connectivity index (χ0) is 22.1. The summed E-state index contributed by atoms with van der Waals surface area (Å²) < 4.78 is 0. The summed E-state index contributed by atoms with van der Waals surface area (Å²) in [4.78, 5) is 25.2. The Hall–Kier alpha value is -2.24. The molecule has 2 aliphatic carbocycles. The quantitative estimate of drug-likeness (QED) is 0.531. The first-order chi connectivity index (χ1) is 14.8. The molecule has 2 amide bonds. The van der Waals surface area contributed by atoms with E-state index in [1.165, 1.54) is 31.4 Å². The number of hydrogen-bond donors (Lipinski definition) is 3. The van der Waals surface area contributed by atoms with Crippen LogP contribution >= 0.6 is 23.2 Å². The molecule has 2 aromatic carbocycles. The molecular formula is C24H26Cl2N2O3. The summed E-state index contributed by atoms with van der Waals surface area (Å²) in [5.41, 5.74) is 1.03. The van der Waals surface area contributed by atoms with Gasteiger partial charge >= 0.3 is 0 Å². The second kappa shape index (κ2) is 9.09. The highest BCUT2D eigenvalue weighted by molar-refractivity contribution is 6.36. The van der Waals surface area contributed by atoms with E-state index >= 15 is 0 Å². The summed E-state index contributed by atoms with van der Waals surface area (Å²) in [7, 11) is 0. The molecule has 0 saturated heterocycles. The molecule has 2 fully saturated rings. The molecule has 2 aliphatic rings. The van der Waals surface area contributed by atoms with E-state index in [9.17, 15) is 14.7 Å². The van der Waals surface area contributed by atoms with Crippen LogP contribution in [0.1, 0.15) is 59.7 Å². The van der Waals surface area contributed by atoms with E-state index in [2.05, 4.69) is 17.6 Å². The minimum absolute atomic E-state index is 0.00554. The van der Waals surface area contributed by atoms with Crippen molar-refractivity contribution in [1.82, 2.24) is 5.32 Å². The van der Waals surface area contributed by atoms with E-state index in [0.717, 1.165) is 30.6 Å². The van der Waals surface area contributed by atoms with Crippen molar-refractivity contribution in [1.29, 1.82) is 0 Å². The SMILES string of the molecule is CC1CC2CC(C1)CC(NC(=O)c1ccc(NC(=O)c3cc(Cl)cc(Cl)c3O)cc1)C2. The van der Waals surface area contributed by atoms with Crippen molar-refractivity contribution >= 4 is 40.7 Å². The lowest BCUT2D eigenvalue weighted by atomic mass is 9.67. The van der Waals surface area contributed by atoms with Crippen molar-refractivity contribution in [3.8, 4) is 5.75 Å². The molecule has 2 unspecified atom stereocenters. The molecule has 4 rings (SSSR count). The van der Waals surface area contributed by atoms with Crippen LogP contribution < -0.4 is 10.6 Å². The number of nitrogens with one attached hydrogen (secondary N) is 2. The number of benzene rings is 2. The first-order valence-electron chi connectivity index (χ1n) is 10.7. The van der Waals surface area contributed by atoms with E-state index in [4.69, 9.17) is 23.2 Å². The van der Waals surface area contributed by atoms with Crippen LogP contribution in [-0.2, 0) is 0 Å². The van der Waals surface area contributed by atoms with Gasteiger partial charge in [-0.1, -0.05) is 30.1 Å². The molecule has 2 saturated carbocycles. The van der Waals surface area contributed by atoms with Gasteiger partial charge in [0.2, 0.25) is 0 Å². The van der Waals surface area contributed by atoms with Crippen LogP contribution in [0.15, 0.2) is 36.4 Å². The molecule has 0 spiro atoms. The summed E-state index contributed by atoms with van der Waals surface area (Å²) in [6, 6.07) is 9.63. The van der Waals surface area contributed by atoms with Crippen LogP contribution in [0.25, 0.3) is 0 Å². The van der Waals surface area contributed by atoms with Gasteiger partial charge in [-0.05, 0) is 86.3 Å². The van der Waals surface area contributed by atoms with Crippen molar-refractivity contribution in [2.45, 2.75) is 45.1 Å². The molecule has 2 atom stereocenters. The fourth-order valence-corrected chi connectivity index (χ4v) is 5.71. The fraction of sp³-hybridized carbons (Fsp3) is 0.417. The van der Waals surface area contributed by atoms with Gasteiger partial charge in [-0.2, -0.15) is 0 Å². The zero-order valence-corrected chi connectivity index (χ0v) is 18.8. The molecule has 164 valence electrons. The number of phenolic OH excluding ortho intramolecular Hbond substituents is 1. The van der Waals surface area contributed by atoms with Crippen molar-refractivity contribution < 1.29 is 14.7 Å². The molecular weight excluding hydrogens is 435 g/mol. The van der Waals surface area contributed by atoms with Crippen LogP contribution in [0.5, 0.6) is 5.75 Å². The molecule has 2 bridgehead atoms. The number of halogens is 2. The zero-order valence-electron chi connectivity index (χ0n) is 17.3. The average Bonchev–Trinajstić information content (AvgIpc) is 2.70. The lowest BCUT2D eigenvalue weighted by Crippen LogP contribution is -2.43. The molecule has 5 nitrogen and oxygen atoms in total. The maximum Gasteiger partial charge on any atom is 0.259 e. The van der Waals surface area contributed by atoms with Gasteiger partial charge in [0, 0.05) is 22.3 Å². The van der Waals surface area contributed by atoms with Gasteiger partial charge in [-0.25, -0.2) is 0 Å². The lowest BCUT2D eigenvalue weighted by molar-refractivity contribution is 0.0841. The largest absolute Gasteiger partial charge is 0.506 e. The van der Waals surface area contributed by atoms with Crippen molar-refractivity contribution in [3.63, 3.8) is 0 Å². The predicted octanol–water partition coefficient (Wildman–Crippen LogP) is 5.90. The number of carbonyl (C=O) groups excluding carboxylic acids is 2. The number of phenols is 1. The van der Waals surface area contributed by atoms with Crippen LogP contribution in [0.3, 0.4) is 0 Å². The maximum absolute atomic E-state index is 12.7. The molecule has 2 aromatic rings. The molecule has 31 heavy (non-hydrogen) atoms. The van der Waals surface area contributed by atoms with E-state index in [1.54, 1.807) is 24.3 Å². The molecule has 0 aliphatic heterocycles. The summed E-state index contributed by atoms with van der Waals surface area (Å²) >= 11 is 11.8. The van der Waals surface area contributed by atoms with Gasteiger partial charge in [-0.15, -0.1) is 0 Å². The Morgan fingerprint density at radius 1 is 0.935 bits per heavy atom. The Labute approximate surface area is 192 Å². The minimum Gasteiger partial charge on any atom is -0.506 e. The number of rotatable bonds is 4. The first-order valence-corrected chi connectivity index (χ1v) is 11.4. The normalized spacial score (nSPS) is 25.0. The first kappa shape index (κ1) is 22.0. The molecule has 0 aromatic heterocycles. The third-order valence-corrected chi connectivity index (χ3v) is 6.89. The standard InChI is InChI=1S/C24H26Cl2N2O3/c1-13-6-14-8-15(7-13)10-19(9-14)28-23(30)16-2-4-18(5-3-16)27-24(31)20-11-17(25)12-21(26)22(20)29/h2-5,11-15,19,29H,6-10H2,1H3,(H,27,31)(H,28,30). The summed E-state index contributed by atoms with van der Waals surface area (Å²) in [5, 5.41) is 16.1. The highest BCUT2D eigenvalue weighted by Gasteiger charge is 2.35. The lowest BCUT2D eigenvalue weighted by Gasteiger charge is -2.41. The number of anilines is 1. The second-order valence-electron chi connectivity index (χ2n) is 9.00. The van der Waals surface area contributed by atoms with Crippen molar-refractivity contribution in [2.75, 3.05) is 5.32 Å². The summed E-state index contributed by atoms with van der Waals surface area (Å²) in [6.07, 6.45) is 5.96. The van der Waals surface area contributed by atoms with Crippen LogP contribution in [0.2, 0.25) is 10.0 Å². The maximum atomic E-state index is 12.7. The van der Waals surface area contributed by atoms with E-state index in [-0.39, 0.29) is 33.3 Å². The van der Waals surface area contributed by atoms with E-state index < -0.39 is 5.91 Å². The van der Waals surface area contributed by atoms with Gasteiger partial charge in [0.1, 0.15) is 5.75 Å². The fourth-order valence-electron chi connectivity index (χ4n) is 5.21.